The predicted octanol–water partition coefficient (Wildman–Crippen LogP) is 1.27. The van der Waals surface area contributed by atoms with E-state index in [-0.39, 0.29) is 17.6 Å². The van der Waals surface area contributed by atoms with Crippen LogP contribution in [0.2, 0.25) is 0 Å². The molecule has 0 aliphatic carbocycles. The minimum absolute atomic E-state index is 0.179. The molecule has 2 heterocycles. The molecule has 0 aromatic heterocycles. The number of hydrogen-bond donors (Lipinski definition) is 1. The highest BCUT2D eigenvalue weighted by Crippen LogP contribution is 2.26. The van der Waals surface area contributed by atoms with E-state index in [4.69, 9.17) is 0 Å². The van der Waals surface area contributed by atoms with Gasteiger partial charge in [-0.2, -0.15) is 0 Å². The Labute approximate surface area is 111 Å². The van der Waals surface area contributed by atoms with Crippen molar-refractivity contribution in [1.29, 1.82) is 0 Å². The number of rotatable bonds is 4. The molecule has 4 nitrogen and oxygen atoms in total. The number of likely N-dealkylation sites (tertiary alicyclic amines) is 1. The van der Waals surface area contributed by atoms with Gasteiger partial charge in [0.05, 0.1) is 11.7 Å². The standard InChI is InChI=1S/C14H27N3O/c1-5-14(4)13(18)17(11(3)15-14)10-12-7-8-16(6-2)9-12/h11-12,15H,5-10H2,1-4H3. The first-order valence-electron chi connectivity index (χ1n) is 7.31. The first-order valence-corrected chi connectivity index (χ1v) is 7.31. The van der Waals surface area contributed by atoms with Gasteiger partial charge in [0.25, 0.3) is 0 Å². The van der Waals surface area contributed by atoms with Gasteiger partial charge in [0.2, 0.25) is 5.91 Å². The summed E-state index contributed by atoms with van der Waals surface area (Å²) >= 11 is 0. The number of carbonyl (C=O) groups excluding carboxylic acids is 1. The normalized spacial score (nSPS) is 37.8. The summed E-state index contributed by atoms with van der Waals surface area (Å²) in [5, 5.41) is 3.44. The van der Waals surface area contributed by atoms with E-state index in [1.807, 2.05) is 11.8 Å². The van der Waals surface area contributed by atoms with Crippen LogP contribution in [0.4, 0.5) is 0 Å². The molecule has 18 heavy (non-hydrogen) atoms. The van der Waals surface area contributed by atoms with Crippen LogP contribution in [0.25, 0.3) is 0 Å². The minimum atomic E-state index is -0.345. The molecule has 2 fully saturated rings. The van der Waals surface area contributed by atoms with Crippen molar-refractivity contribution in [2.24, 2.45) is 5.92 Å². The minimum Gasteiger partial charge on any atom is -0.326 e. The van der Waals surface area contributed by atoms with E-state index in [1.54, 1.807) is 0 Å². The van der Waals surface area contributed by atoms with Gasteiger partial charge < -0.3 is 9.80 Å². The second kappa shape index (κ2) is 5.17. The molecular weight excluding hydrogens is 226 g/mol. The number of hydrogen-bond acceptors (Lipinski definition) is 3. The first-order chi connectivity index (χ1) is 8.50. The summed E-state index contributed by atoms with van der Waals surface area (Å²) in [5.41, 5.74) is -0.345. The van der Waals surface area contributed by atoms with E-state index in [0.29, 0.717) is 5.92 Å². The Bertz CT molecular complexity index is 320. The van der Waals surface area contributed by atoms with Gasteiger partial charge in [0.1, 0.15) is 0 Å². The highest BCUT2D eigenvalue weighted by molar-refractivity contribution is 5.88. The molecular formula is C14H27N3O. The highest BCUT2D eigenvalue weighted by atomic mass is 16.2. The van der Waals surface area contributed by atoms with Gasteiger partial charge in [-0.15, -0.1) is 0 Å². The quantitative estimate of drug-likeness (QED) is 0.819. The van der Waals surface area contributed by atoms with Gasteiger partial charge in [-0.3, -0.25) is 10.1 Å². The summed E-state index contributed by atoms with van der Waals surface area (Å²) < 4.78 is 0. The smallest absolute Gasteiger partial charge is 0.243 e. The van der Waals surface area contributed by atoms with Crippen molar-refractivity contribution < 1.29 is 4.79 Å². The second-order valence-electron chi connectivity index (χ2n) is 6.01. The zero-order valence-electron chi connectivity index (χ0n) is 12.2. The lowest BCUT2D eigenvalue weighted by molar-refractivity contribution is -0.133. The molecule has 2 aliphatic rings. The van der Waals surface area contributed by atoms with Crippen LogP contribution in [0.15, 0.2) is 0 Å². The molecule has 0 aromatic carbocycles. The lowest BCUT2D eigenvalue weighted by atomic mass is 9.99. The molecule has 2 aliphatic heterocycles. The maximum absolute atomic E-state index is 12.5. The van der Waals surface area contributed by atoms with E-state index in [2.05, 4.69) is 31.0 Å². The molecule has 0 saturated carbocycles. The molecule has 0 bridgehead atoms. The molecule has 3 unspecified atom stereocenters. The number of nitrogens with one attached hydrogen (secondary N) is 1. The third-order valence-electron chi connectivity index (χ3n) is 4.71. The van der Waals surface area contributed by atoms with Crippen molar-refractivity contribution in [2.45, 2.75) is 52.2 Å². The lowest BCUT2D eigenvalue weighted by Crippen LogP contribution is -2.43. The van der Waals surface area contributed by atoms with Crippen molar-refractivity contribution in [2.75, 3.05) is 26.2 Å². The van der Waals surface area contributed by atoms with Crippen molar-refractivity contribution >= 4 is 5.91 Å². The van der Waals surface area contributed by atoms with E-state index in [0.717, 1.165) is 26.1 Å². The second-order valence-corrected chi connectivity index (χ2v) is 6.01. The summed E-state index contributed by atoms with van der Waals surface area (Å²) in [6.45, 7) is 12.8. The third kappa shape index (κ3) is 2.41. The molecule has 1 amide bonds. The van der Waals surface area contributed by atoms with Crippen LogP contribution in [0.1, 0.15) is 40.5 Å². The molecule has 1 N–H and O–H groups in total. The third-order valence-corrected chi connectivity index (χ3v) is 4.71. The SMILES string of the molecule is CCN1CCC(CN2C(=O)C(C)(CC)NC2C)C1. The predicted molar refractivity (Wildman–Crippen MR) is 73.2 cm³/mol. The fourth-order valence-corrected chi connectivity index (χ4v) is 3.22. The summed E-state index contributed by atoms with van der Waals surface area (Å²) in [6.07, 6.45) is 2.27. The van der Waals surface area contributed by atoms with Gasteiger partial charge in [0, 0.05) is 13.1 Å². The average Bonchev–Trinajstić information content (AvgIpc) is 2.89. The van der Waals surface area contributed by atoms with Crippen molar-refractivity contribution in [1.82, 2.24) is 15.1 Å². The number of amides is 1. The van der Waals surface area contributed by atoms with E-state index < -0.39 is 0 Å². The molecule has 3 atom stereocenters. The average molecular weight is 253 g/mol. The molecule has 2 saturated heterocycles. The van der Waals surface area contributed by atoms with Gasteiger partial charge in [-0.25, -0.2) is 0 Å². The molecule has 104 valence electrons. The fraction of sp³-hybridized carbons (Fsp3) is 0.929. The van der Waals surface area contributed by atoms with Crippen molar-refractivity contribution in [3.63, 3.8) is 0 Å². The Morgan fingerprint density at radius 1 is 1.44 bits per heavy atom. The molecule has 0 radical (unpaired) electrons. The monoisotopic (exact) mass is 253 g/mol. The van der Waals surface area contributed by atoms with Crippen LogP contribution < -0.4 is 5.32 Å². The Morgan fingerprint density at radius 2 is 2.17 bits per heavy atom. The highest BCUT2D eigenvalue weighted by Gasteiger charge is 2.45. The maximum atomic E-state index is 12.5. The summed E-state index contributed by atoms with van der Waals surface area (Å²) in [4.78, 5) is 17.0. The molecule has 0 spiro atoms. The van der Waals surface area contributed by atoms with Crippen molar-refractivity contribution in [3.8, 4) is 0 Å². The van der Waals surface area contributed by atoms with Gasteiger partial charge in [-0.1, -0.05) is 13.8 Å². The fourth-order valence-electron chi connectivity index (χ4n) is 3.22. The largest absolute Gasteiger partial charge is 0.326 e. The van der Waals surface area contributed by atoms with Gasteiger partial charge in [-0.05, 0) is 45.7 Å². The lowest BCUT2D eigenvalue weighted by Gasteiger charge is -2.25. The zero-order chi connectivity index (χ0) is 13.3. The Balaban J connectivity index is 1.96. The van der Waals surface area contributed by atoms with Crippen molar-refractivity contribution in [3.05, 3.63) is 0 Å². The van der Waals surface area contributed by atoms with E-state index in [9.17, 15) is 4.79 Å². The Kier molecular flexibility index (Phi) is 3.97. The Hall–Kier alpha value is -0.610. The van der Waals surface area contributed by atoms with Crippen LogP contribution >= 0.6 is 0 Å². The molecule has 0 aromatic rings. The van der Waals surface area contributed by atoms with E-state index in [1.165, 1.54) is 13.0 Å². The summed E-state index contributed by atoms with van der Waals surface area (Å²) in [6, 6.07) is 0. The molecule has 2 rings (SSSR count). The Morgan fingerprint density at radius 3 is 2.67 bits per heavy atom. The van der Waals surface area contributed by atoms with Gasteiger partial charge in [0.15, 0.2) is 0 Å². The zero-order valence-corrected chi connectivity index (χ0v) is 12.2. The van der Waals surface area contributed by atoms with Crippen LogP contribution in [0.3, 0.4) is 0 Å². The van der Waals surface area contributed by atoms with Gasteiger partial charge >= 0.3 is 0 Å². The van der Waals surface area contributed by atoms with E-state index >= 15 is 0 Å². The van der Waals surface area contributed by atoms with Crippen LogP contribution in [0, 0.1) is 5.92 Å². The van der Waals surface area contributed by atoms with Crippen LogP contribution in [-0.4, -0.2) is 53.6 Å². The van der Waals surface area contributed by atoms with Crippen LogP contribution in [-0.2, 0) is 4.79 Å². The van der Waals surface area contributed by atoms with Crippen LogP contribution in [0.5, 0.6) is 0 Å². The topological polar surface area (TPSA) is 35.6 Å². The molecule has 4 heteroatoms. The summed E-state index contributed by atoms with van der Waals surface area (Å²) in [7, 11) is 0. The number of nitrogens with zero attached hydrogens (tertiary/aromatic N) is 2. The summed E-state index contributed by atoms with van der Waals surface area (Å²) in [5.74, 6) is 0.935. The number of carbonyl (C=O) groups is 1. The maximum Gasteiger partial charge on any atom is 0.243 e. The first kappa shape index (κ1) is 13.8.